The Bertz CT molecular complexity index is 424. The molecule has 1 heterocycles. The van der Waals surface area contributed by atoms with E-state index in [2.05, 4.69) is 5.32 Å². The summed E-state index contributed by atoms with van der Waals surface area (Å²) in [6.07, 6.45) is -0.317. The van der Waals surface area contributed by atoms with Crippen LogP contribution >= 0.6 is 0 Å². The van der Waals surface area contributed by atoms with Gasteiger partial charge in [0.1, 0.15) is 0 Å². The summed E-state index contributed by atoms with van der Waals surface area (Å²) in [7, 11) is 1.79. The van der Waals surface area contributed by atoms with E-state index in [0.717, 1.165) is 12.1 Å². The highest BCUT2D eigenvalue weighted by molar-refractivity contribution is 5.82. The molecule has 0 aromatic heterocycles. The summed E-state index contributed by atoms with van der Waals surface area (Å²) < 4.78 is 0. The minimum absolute atomic E-state index is 0.0435. The van der Waals surface area contributed by atoms with Crippen molar-refractivity contribution in [1.82, 2.24) is 10.2 Å². The molecule has 2 rings (SSSR count). The van der Waals surface area contributed by atoms with E-state index in [1.54, 1.807) is 11.9 Å². The van der Waals surface area contributed by atoms with Crippen LogP contribution in [-0.2, 0) is 4.79 Å². The van der Waals surface area contributed by atoms with Gasteiger partial charge in [-0.2, -0.15) is 0 Å². The molecule has 1 aromatic rings. The number of hydrogen-bond donors (Lipinski definition) is 3. The smallest absolute Gasteiger partial charge is 0.239 e. The van der Waals surface area contributed by atoms with Crippen LogP contribution in [-0.4, -0.2) is 48.1 Å². The number of aliphatic hydroxyl groups is 1. The fourth-order valence-electron chi connectivity index (χ4n) is 2.35. The van der Waals surface area contributed by atoms with Crippen LogP contribution in [0.15, 0.2) is 30.3 Å². The molecule has 3 unspecified atom stereocenters. The normalized spacial score (nSPS) is 23.2. The quantitative estimate of drug-likeness (QED) is 0.707. The minimum Gasteiger partial charge on any atom is -0.387 e. The summed E-state index contributed by atoms with van der Waals surface area (Å²) in [4.78, 5) is 13.6. The number of hydrogen-bond acceptors (Lipinski definition) is 4. The summed E-state index contributed by atoms with van der Waals surface area (Å²) in [5.74, 6) is 0.0435. The summed E-state index contributed by atoms with van der Waals surface area (Å²) >= 11 is 0. The minimum atomic E-state index is -0.747. The van der Waals surface area contributed by atoms with Crippen molar-refractivity contribution in [1.29, 1.82) is 0 Å². The standard InChI is InChI=1S/C14H21N3O2/c1-17-8-7-16-12(14(17)19)9-11(15)13(18)10-5-3-2-4-6-10/h2-6,11-13,16,18H,7-9,15H2,1H3. The highest BCUT2D eigenvalue weighted by Gasteiger charge is 2.29. The van der Waals surface area contributed by atoms with E-state index in [9.17, 15) is 9.90 Å². The van der Waals surface area contributed by atoms with Crippen LogP contribution in [0.4, 0.5) is 0 Å². The van der Waals surface area contributed by atoms with Crippen LogP contribution in [0.1, 0.15) is 18.1 Å². The maximum absolute atomic E-state index is 11.9. The Hall–Kier alpha value is -1.43. The highest BCUT2D eigenvalue weighted by atomic mass is 16.3. The van der Waals surface area contributed by atoms with Gasteiger partial charge in [0.05, 0.1) is 12.1 Å². The number of likely N-dealkylation sites (N-methyl/N-ethyl adjacent to an activating group) is 1. The van der Waals surface area contributed by atoms with Crippen molar-refractivity contribution in [3.05, 3.63) is 35.9 Å². The van der Waals surface area contributed by atoms with Crippen LogP contribution in [0.2, 0.25) is 0 Å². The molecule has 104 valence electrons. The summed E-state index contributed by atoms with van der Waals surface area (Å²) in [5, 5.41) is 13.3. The Labute approximate surface area is 113 Å². The van der Waals surface area contributed by atoms with Gasteiger partial charge in [-0.3, -0.25) is 4.79 Å². The number of carbonyl (C=O) groups excluding carboxylic acids is 1. The lowest BCUT2D eigenvalue weighted by molar-refractivity contribution is -0.134. The molecule has 3 atom stereocenters. The van der Waals surface area contributed by atoms with Crippen molar-refractivity contribution in [3.8, 4) is 0 Å². The number of piperazine rings is 1. The first-order valence-corrected chi connectivity index (χ1v) is 6.56. The Kier molecular flexibility index (Phi) is 4.52. The molecule has 1 aliphatic rings. The monoisotopic (exact) mass is 263 g/mol. The molecule has 1 amide bonds. The summed E-state index contributed by atoms with van der Waals surface area (Å²) in [6.45, 7) is 1.48. The molecule has 5 nitrogen and oxygen atoms in total. The average Bonchev–Trinajstić information content (AvgIpc) is 2.44. The van der Waals surface area contributed by atoms with Gasteiger partial charge < -0.3 is 21.1 Å². The molecule has 0 radical (unpaired) electrons. The molecule has 1 saturated heterocycles. The van der Waals surface area contributed by atoms with Gasteiger partial charge in [-0.15, -0.1) is 0 Å². The largest absolute Gasteiger partial charge is 0.387 e. The predicted octanol–water partition coefficient (Wildman–Crippen LogP) is -0.132. The predicted molar refractivity (Wildman–Crippen MR) is 73.4 cm³/mol. The molecule has 0 spiro atoms. The van der Waals surface area contributed by atoms with Gasteiger partial charge in [0.2, 0.25) is 5.91 Å². The first-order valence-electron chi connectivity index (χ1n) is 6.56. The van der Waals surface area contributed by atoms with Gasteiger partial charge in [-0.05, 0) is 12.0 Å². The second kappa shape index (κ2) is 6.14. The molecule has 1 aromatic carbocycles. The van der Waals surface area contributed by atoms with Gasteiger partial charge >= 0.3 is 0 Å². The molecule has 4 N–H and O–H groups in total. The highest BCUT2D eigenvalue weighted by Crippen LogP contribution is 2.19. The number of carbonyl (C=O) groups is 1. The molecular weight excluding hydrogens is 242 g/mol. The third kappa shape index (κ3) is 3.32. The van der Waals surface area contributed by atoms with Crippen LogP contribution < -0.4 is 11.1 Å². The first-order chi connectivity index (χ1) is 9.09. The van der Waals surface area contributed by atoms with E-state index in [-0.39, 0.29) is 11.9 Å². The zero-order valence-electron chi connectivity index (χ0n) is 11.1. The third-order valence-electron chi connectivity index (χ3n) is 3.57. The van der Waals surface area contributed by atoms with Crippen LogP contribution in [0.25, 0.3) is 0 Å². The van der Waals surface area contributed by atoms with Crippen LogP contribution in [0, 0.1) is 0 Å². The number of amides is 1. The third-order valence-corrected chi connectivity index (χ3v) is 3.57. The van der Waals surface area contributed by atoms with Gasteiger partial charge in [0.25, 0.3) is 0 Å². The molecule has 0 bridgehead atoms. The van der Waals surface area contributed by atoms with Crippen molar-refractivity contribution in [2.45, 2.75) is 24.6 Å². The van der Waals surface area contributed by atoms with E-state index in [4.69, 9.17) is 5.73 Å². The van der Waals surface area contributed by atoms with E-state index >= 15 is 0 Å². The second-order valence-electron chi connectivity index (χ2n) is 5.02. The van der Waals surface area contributed by atoms with Crippen LogP contribution in [0.3, 0.4) is 0 Å². The molecule has 1 aliphatic heterocycles. The Morgan fingerprint density at radius 3 is 2.84 bits per heavy atom. The number of rotatable bonds is 4. The van der Waals surface area contributed by atoms with Crippen LogP contribution in [0.5, 0.6) is 0 Å². The topological polar surface area (TPSA) is 78.6 Å². The maximum Gasteiger partial charge on any atom is 0.239 e. The number of nitrogens with one attached hydrogen (secondary N) is 1. The van der Waals surface area contributed by atoms with Crippen molar-refractivity contribution in [3.63, 3.8) is 0 Å². The van der Waals surface area contributed by atoms with Crippen molar-refractivity contribution < 1.29 is 9.90 Å². The fraction of sp³-hybridized carbons (Fsp3) is 0.500. The zero-order valence-corrected chi connectivity index (χ0v) is 11.1. The molecule has 5 heteroatoms. The molecule has 0 saturated carbocycles. The van der Waals surface area contributed by atoms with Gasteiger partial charge in [0, 0.05) is 26.2 Å². The summed E-state index contributed by atoms with van der Waals surface area (Å²) in [6, 6.07) is 8.54. The second-order valence-corrected chi connectivity index (χ2v) is 5.02. The lowest BCUT2D eigenvalue weighted by Crippen LogP contribution is -2.55. The number of nitrogens with two attached hydrogens (primary N) is 1. The summed E-state index contributed by atoms with van der Waals surface area (Å²) in [5.41, 5.74) is 6.81. The zero-order chi connectivity index (χ0) is 13.8. The van der Waals surface area contributed by atoms with E-state index in [1.807, 2.05) is 30.3 Å². The van der Waals surface area contributed by atoms with Crippen molar-refractivity contribution >= 4 is 5.91 Å². The Morgan fingerprint density at radius 1 is 1.47 bits per heavy atom. The van der Waals surface area contributed by atoms with E-state index in [1.165, 1.54) is 0 Å². The molecular formula is C14H21N3O2. The lowest BCUT2D eigenvalue weighted by atomic mass is 9.96. The van der Waals surface area contributed by atoms with Gasteiger partial charge in [-0.1, -0.05) is 30.3 Å². The van der Waals surface area contributed by atoms with Gasteiger partial charge in [0.15, 0.2) is 0 Å². The van der Waals surface area contributed by atoms with E-state index < -0.39 is 12.1 Å². The SMILES string of the molecule is CN1CCNC(CC(N)C(O)c2ccccc2)C1=O. The van der Waals surface area contributed by atoms with E-state index in [0.29, 0.717) is 13.0 Å². The first kappa shape index (κ1) is 14.0. The number of aliphatic hydroxyl groups excluding tert-OH is 1. The Morgan fingerprint density at radius 2 is 2.16 bits per heavy atom. The average molecular weight is 263 g/mol. The van der Waals surface area contributed by atoms with Crippen molar-refractivity contribution in [2.75, 3.05) is 20.1 Å². The number of nitrogens with zero attached hydrogens (tertiary/aromatic N) is 1. The fourth-order valence-corrected chi connectivity index (χ4v) is 2.35. The number of benzene rings is 1. The lowest BCUT2D eigenvalue weighted by Gasteiger charge is -2.32. The molecule has 19 heavy (non-hydrogen) atoms. The maximum atomic E-state index is 11.9. The molecule has 1 fully saturated rings. The van der Waals surface area contributed by atoms with Crippen molar-refractivity contribution in [2.24, 2.45) is 5.73 Å². The molecule has 0 aliphatic carbocycles. The van der Waals surface area contributed by atoms with Gasteiger partial charge in [-0.25, -0.2) is 0 Å². The Balaban J connectivity index is 1.97.